The van der Waals surface area contributed by atoms with E-state index in [-0.39, 0.29) is 6.92 Å². The largest absolute Gasteiger partial charge is 0.551 e. The number of nitrogens with zero attached hydrogens (tertiary/aromatic N) is 2. The van der Waals surface area contributed by atoms with Crippen molar-refractivity contribution < 1.29 is 13.8 Å². The van der Waals surface area contributed by atoms with Crippen molar-refractivity contribution in [2.45, 2.75) is 0 Å². The predicted octanol–water partition coefficient (Wildman–Crippen LogP) is 14.4. The summed E-state index contributed by atoms with van der Waals surface area (Å²) in [6, 6.07) is 76.0. The molecule has 3 aromatic heterocycles. The smallest absolute Gasteiger partial charge is 0.434 e. The summed E-state index contributed by atoms with van der Waals surface area (Å²) >= 11 is 0. The molecule has 306 valence electrons. The second kappa shape index (κ2) is 13.4. The van der Waals surface area contributed by atoms with E-state index in [2.05, 4.69) is 197 Å². The molecule has 0 radical (unpaired) electrons. The molecule has 10 aromatic carbocycles. The van der Waals surface area contributed by atoms with E-state index in [0.717, 1.165) is 106 Å². The molecule has 66 heavy (non-hydrogen) atoms. The van der Waals surface area contributed by atoms with Gasteiger partial charge < -0.3 is 22.9 Å². The quantitative estimate of drug-likeness (QED) is 0.166. The van der Waals surface area contributed by atoms with E-state index in [0.29, 0.717) is 0 Å². The molecule has 0 bridgehead atoms. The number of fused-ring (bicyclic) bond motifs is 13. The van der Waals surface area contributed by atoms with Crippen LogP contribution in [0.15, 0.2) is 217 Å². The Labute approximate surface area is 379 Å². The third-order valence-electron chi connectivity index (χ3n) is 14.0. The van der Waals surface area contributed by atoms with Crippen LogP contribution in [0, 0.1) is 0 Å². The summed E-state index contributed by atoms with van der Waals surface area (Å²) in [7, 11) is 0. The first kappa shape index (κ1) is 35.7. The summed E-state index contributed by atoms with van der Waals surface area (Å²) in [6.07, 6.45) is 0. The third kappa shape index (κ3) is 5.01. The van der Waals surface area contributed by atoms with Crippen molar-refractivity contribution in [1.29, 1.82) is 0 Å². The maximum atomic E-state index is 7.03. The highest BCUT2D eigenvalue weighted by Gasteiger charge is 2.41. The van der Waals surface area contributed by atoms with Crippen LogP contribution in [0.4, 0.5) is 0 Å². The Morgan fingerprint density at radius 1 is 0.348 bits per heavy atom. The molecule has 0 N–H and O–H groups in total. The molecule has 2 aliphatic rings. The molecule has 2 aliphatic heterocycles. The lowest BCUT2D eigenvalue weighted by Gasteiger charge is -2.33. The normalized spacial score (nSPS) is 12.8. The fraction of sp³-hybridized carbons (Fsp3) is 0. The molecule has 0 aliphatic carbocycles. The van der Waals surface area contributed by atoms with Gasteiger partial charge in [-0.2, -0.15) is 0 Å². The number of furan rings is 1. The molecule has 0 fully saturated rings. The van der Waals surface area contributed by atoms with Crippen molar-refractivity contribution in [2.24, 2.45) is 0 Å². The SMILES string of the molecule is c1cc(-c2ccc3c(c2)-c2cc(-n4c5ccccc5c5ccc(-n6c7ccccc7c7ccccc76)cc54)cc4c2B(O3)c2ccccc2O4)cc(-c2cccc3oc4ccccc4c23)c1. The Morgan fingerprint density at radius 3 is 1.79 bits per heavy atom. The van der Waals surface area contributed by atoms with Crippen molar-refractivity contribution in [2.75, 3.05) is 0 Å². The average molecular weight is 843 g/mol. The standard InChI is InChI=1S/C60H35BN2O3/c1-6-21-50-42(15-1)43-16-2-7-22-51(43)62(50)39-28-29-45-44-17-3-8-23-52(44)63(53(45)34-39)40-33-48-47-32-37(27-30-55(47)66-61-49-20-5-10-25-56(49)65-58(35-40)60(48)61)36-13-11-14-38(31-36)41-19-12-26-57-59(41)46-18-4-9-24-54(46)64-57/h1-35H. The van der Waals surface area contributed by atoms with E-state index >= 15 is 0 Å². The van der Waals surface area contributed by atoms with Gasteiger partial charge in [0.15, 0.2) is 0 Å². The van der Waals surface area contributed by atoms with Crippen molar-refractivity contribution in [1.82, 2.24) is 9.13 Å². The number of aromatic nitrogens is 2. The monoisotopic (exact) mass is 842 g/mol. The molecular formula is C60H35BN2O3. The molecule has 0 amide bonds. The highest BCUT2D eigenvalue weighted by Crippen LogP contribution is 2.45. The van der Waals surface area contributed by atoms with Gasteiger partial charge >= 0.3 is 6.92 Å². The van der Waals surface area contributed by atoms with E-state index in [9.17, 15) is 0 Å². The number of ether oxygens (including phenoxy) is 1. The van der Waals surface area contributed by atoms with Gasteiger partial charge in [0, 0.05) is 60.6 Å². The van der Waals surface area contributed by atoms with E-state index in [1.807, 2.05) is 24.3 Å². The number of benzene rings is 10. The molecular weight excluding hydrogens is 807 g/mol. The third-order valence-corrected chi connectivity index (χ3v) is 14.0. The van der Waals surface area contributed by atoms with Gasteiger partial charge in [-0.15, -0.1) is 0 Å². The minimum atomic E-state index is -0.319. The molecule has 6 heteroatoms. The van der Waals surface area contributed by atoms with Gasteiger partial charge in [0.25, 0.3) is 0 Å². The van der Waals surface area contributed by atoms with Gasteiger partial charge in [0.1, 0.15) is 28.4 Å². The molecule has 15 rings (SSSR count). The topological polar surface area (TPSA) is 41.5 Å². The number of para-hydroxylation sites is 5. The van der Waals surface area contributed by atoms with Crippen LogP contribution in [0.1, 0.15) is 0 Å². The molecule has 0 saturated heterocycles. The van der Waals surface area contributed by atoms with E-state index < -0.39 is 0 Å². The van der Waals surface area contributed by atoms with E-state index in [1.54, 1.807) is 0 Å². The average Bonchev–Trinajstić information content (AvgIpc) is 4.04. The zero-order valence-corrected chi connectivity index (χ0v) is 35.4. The summed E-state index contributed by atoms with van der Waals surface area (Å²) in [6.45, 7) is -0.319. The maximum absolute atomic E-state index is 7.03. The molecule has 0 spiro atoms. The van der Waals surface area contributed by atoms with E-state index in [4.69, 9.17) is 13.8 Å². The molecule has 5 nitrogen and oxygen atoms in total. The fourth-order valence-corrected chi connectivity index (χ4v) is 11.1. The van der Waals surface area contributed by atoms with Gasteiger partial charge in [0.2, 0.25) is 0 Å². The maximum Gasteiger partial charge on any atom is 0.434 e. The fourth-order valence-electron chi connectivity index (χ4n) is 11.1. The predicted molar refractivity (Wildman–Crippen MR) is 271 cm³/mol. The van der Waals surface area contributed by atoms with Crippen LogP contribution in [0.3, 0.4) is 0 Å². The first-order valence-electron chi connectivity index (χ1n) is 22.5. The first-order chi connectivity index (χ1) is 32.7. The molecule has 0 unspecified atom stereocenters. The van der Waals surface area contributed by atoms with Gasteiger partial charge in [-0.25, -0.2) is 0 Å². The number of rotatable bonds is 4. The Kier molecular flexibility index (Phi) is 7.24. The van der Waals surface area contributed by atoms with Crippen LogP contribution in [0.25, 0.3) is 110 Å². The Morgan fingerprint density at radius 2 is 0.985 bits per heavy atom. The first-order valence-corrected chi connectivity index (χ1v) is 22.5. The van der Waals surface area contributed by atoms with Gasteiger partial charge in [-0.05, 0) is 101 Å². The van der Waals surface area contributed by atoms with E-state index in [1.165, 1.54) is 32.6 Å². The zero-order chi connectivity index (χ0) is 43.0. The lowest BCUT2D eigenvalue weighted by Crippen LogP contribution is -2.53. The summed E-state index contributed by atoms with van der Waals surface area (Å²) in [5.41, 5.74) is 17.2. The van der Waals surface area contributed by atoms with Crippen LogP contribution >= 0.6 is 0 Å². The highest BCUT2D eigenvalue weighted by molar-refractivity contribution is 6.84. The molecule has 13 aromatic rings. The van der Waals surface area contributed by atoms with Crippen LogP contribution in [0.2, 0.25) is 0 Å². The summed E-state index contributed by atoms with van der Waals surface area (Å²) in [4.78, 5) is 0. The Balaban J connectivity index is 0.939. The Hall–Kier alpha value is -8.74. The number of hydrogen-bond donors (Lipinski definition) is 0. The summed E-state index contributed by atoms with van der Waals surface area (Å²) < 4.78 is 25.0. The highest BCUT2D eigenvalue weighted by atomic mass is 16.5. The zero-order valence-electron chi connectivity index (χ0n) is 35.4. The molecule has 0 saturated carbocycles. The van der Waals surface area contributed by atoms with Crippen molar-refractivity contribution in [3.05, 3.63) is 212 Å². The molecule has 0 atom stereocenters. The Bertz CT molecular complexity index is 4160. The van der Waals surface area contributed by atoms with Crippen molar-refractivity contribution in [3.8, 4) is 62.0 Å². The summed E-state index contributed by atoms with van der Waals surface area (Å²) in [5, 5.41) is 7.12. The van der Waals surface area contributed by atoms with Crippen molar-refractivity contribution >= 4 is 83.4 Å². The number of hydrogen-bond acceptors (Lipinski definition) is 3. The lowest BCUT2D eigenvalue weighted by atomic mass is 9.51. The van der Waals surface area contributed by atoms with Crippen molar-refractivity contribution in [3.63, 3.8) is 0 Å². The second-order valence-corrected chi connectivity index (χ2v) is 17.5. The minimum Gasteiger partial charge on any atom is -0.551 e. The minimum absolute atomic E-state index is 0.319. The van der Waals surface area contributed by atoms with Gasteiger partial charge in [-0.1, -0.05) is 133 Å². The van der Waals surface area contributed by atoms with Crippen LogP contribution in [-0.4, -0.2) is 16.0 Å². The van der Waals surface area contributed by atoms with Gasteiger partial charge in [-0.3, -0.25) is 0 Å². The van der Waals surface area contributed by atoms with Crippen LogP contribution in [0.5, 0.6) is 17.2 Å². The van der Waals surface area contributed by atoms with Crippen LogP contribution in [-0.2, 0) is 0 Å². The summed E-state index contributed by atoms with van der Waals surface area (Å²) in [5.74, 6) is 2.46. The molecule has 5 heterocycles. The van der Waals surface area contributed by atoms with Gasteiger partial charge in [0.05, 0.1) is 27.8 Å². The second-order valence-electron chi connectivity index (χ2n) is 17.5. The lowest BCUT2D eigenvalue weighted by molar-refractivity contribution is 0.479. The van der Waals surface area contributed by atoms with Crippen LogP contribution < -0.4 is 20.3 Å².